The van der Waals surface area contributed by atoms with Gasteiger partial charge in [0.2, 0.25) is 0 Å². The average molecular weight is 739 g/mol. The maximum atomic E-state index is 2.57. The lowest BCUT2D eigenvalue weighted by Gasteiger charge is -2.25. The zero-order valence-corrected chi connectivity index (χ0v) is 33.3. The van der Waals surface area contributed by atoms with Gasteiger partial charge >= 0.3 is 0 Å². The lowest BCUT2D eigenvalue weighted by atomic mass is 9.78. The van der Waals surface area contributed by atoms with Crippen LogP contribution in [0.15, 0.2) is 182 Å². The van der Waals surface area contributed by atoms with Gasteiger partial charge in [0.1, 0.15) is 0 Å². The van der Waals surface area contributed by atoms with Crippen LogP contribution < -0.4 is 0 Å². The van der Waals surface area contributed by atoms with Crippen molar-refractivity contribution in [1.29, 1.82) is 0 Å². The van der Waals surface area contributed by atoms with Gasteiger partial charge in [-0.05, 0) is 151 Å². The highest BCUT2D eigenvalue weighted by atomic mass is 14.4. The van der Waals surface area contributed by atoms with Gasteiger partial charge in [-0.25, -0.2) is 0 Å². The second kappa shape index (κ2) is 11.9. The first-order valence-corrected chi connectivity index (χ1v) is 20.7. The van der Waals surface area contributed by atoms with Crippen molar-refractivity contribution in [2.24, 2.45) is 0 Å². The first-order chi connectivity index (χ1) is 28.3. The van der Waals surface area contributed by atoms with Crippen LogP contribution in [0.4, 0.5) is 0 Å². The highest BCUT2D eigenvalue weighted by Gasteiger charge is 2.38. The molecule has 0 saturated carbocycles. The molecular weight excluding hydrogens is 697 g/mol. The van der Waals surface area contributed by atoms with Gasteiger partial charge in [0, 0.05) is 10.8 Å². The van der Waals surface area contributed by atoms with Gasteiger partial charge in [-0.2, -0.15) is 0 Å². The zero-order valence-electron chi connectivity index (χ0n) is 33.3. The summed E-state index contributed by atoms with van der Waals surface area (Å²) < 4.78 is 0. The standard InChI is InChI=1S/C58H42/c1-57(2)50-25-15-14-22-42(50)46-33-48-49(34-53(46)57)55(47-31-39(35-16-6-5-7-17-35)30-37-19-9-10-20-40(37)47)44-24-13-12-23-43(44)54(48)38-26-28-45-52(32-38)58(3,4)51-29-27-36-18-8-11-21-41(36)56(45)51/h5-34H,1-4H3. The summed E-state index contributed by atoms with van der Waals surface area (Å²) in [6, 6.07) is 68.9. The molecule has 0 N–H and O–H groups in total. The Kier molecular flexibility index (Phi) is 6.84. The van der Waals surface area contributed by atoms with E-state index in [0.717, 1.165) is 0 Å². The Morgan fingerprint density at radius 1 is 0.259 bits per heavy atom. The maximum Gasteiger partial charge on any atom is 0.0159 e. The number of hydrogen-bond donors (Lipinski definition) is 0. The van der Waals surface area contributed by atoms with E-state index >= 15 is 0 Å². The molecule has 12 rings (SSSR count). The molecule has 2 aliphatic rings. The molecular formula is C58H42. The van der Waals surface area contributed by atoms with Crippen molar-refractivity contribution in [3.8, 4) is 55.6 Å². The molecule has 0 bridgehead atoms. The summed E-state index contributed by atoms with van der Waals surface area (Å²) in [5.41, 5.74) is 18.4. The van der Waals surface area contributed by atoms with Crippen LogP contribution in [0.5, 0.6) is 0 Å². The van der Waals surface area contributed by atoms with Gasteiger partial charge in [-0.3, -0.25) is 0 Å². The molecule has 10 aromatic carbocycles. The highest BCUT2D eigenvalue weighted by molar-refractivity contribution is 6.25. The summed E-state index contributed by atoms with van der Waals surface area (Å²) in [5.74, 6) is 0. The van der Waals surface area contributed by atoms with Gasteiger partial charge in [0.25, 0.3) is 0 Å². The SMILES string of the molecule is CC1(C)c2ccccc2-c2cc3c(-c4ccc5c(c4)C(C)(C)c4ccc6ccccc6c4-5)c4ccccc4c(-c4cc(-c5ccccc5)cc5ccccc45)c3cc21. The highest BCUT2D eigenvalue weighted by Crippen LogP contribution is 2.56. The lowest BCUT2D eigenvalue weighted by Crippen LogP contribution is -2.15. The van der Waals surface area contributed by atoms with E-state index in [0.29, 0.717) is 0 Å². The molecule has 10 aromatic rings. The van der Waals surface area contributed by atoms with E-state index < -0.39 is 0 Å². The first-order valence-electron chi connectivity index (χ1n) is 20.7. The van der Waals surface area contributed by atoms with Crippen molar-refractivity contribution in [3.05, 3.63) is 204 Å². The average Bonchev–Trinajstić information content (AvgIpc) is 3.63. The van der Waals surface area contributed by atoms with Crippen molar-refractivity contribution in [1.82, 2.24) is 0 Å². The van der Waals surface area contributed by atoms with Crippen LogP contribution in [0.25, 0.3) is 98.7 Å². The molecule has 0 saturated heterocycles. The first kappa shape index (κ1) is 33.4. The number of rotatable bonds is 3. The fourth-order valence-electron chi connectivity index (χ4n) is 10.9. The molecule has 2 aliphatic carbocycles. The number of benzene rings is 10. The fourth-order valence-corrected chi connectivity index (χ4v) is 10.9. The van der Waals surface area contributed by atoms with Gasteiger partial charge in [0.15, 0.2) is 0 Å². The molecule has 0 aromatic heterocycles. The largest absolute Gasteiger partial charge is 0.0622 e. The Hall–Kier alpha value is -6.76. The van der Waals surface area contributed by atoms with E-state index in [9.17, 15) is 0 Å². The second-order valence-corrected chi connectivity index (χ2v) is 17.6. The van der Waals surface area contributed by atoms with Crippen LogP contribution in [0, 0.1) is 0 Å². The molecule has 274 valence electrons. The maximum absolute atomic E-state index is 2.57. The van der Waals surface area contributed by atoms with Crippen LogP contribution >= 0.6 is 0 Å². The summed E-state index contributed by atoms with van der Waals surface area (Å²) in [4.78, 5) is 0. The molecule has 0 unspecified atom stereocenters. The van der Waals surface area contributed by atoms with Crippen molar-refractivity contribution in [3.63, 3.8) is 0 Å². The molecule has 0 amide bonds. The Morgan fingerprint density at radius 2 is 0.879 bits per heavy atom. The van der Waals surface area contributed by atoms with Crippen LogP contribution in [-0.4, -0.2) is 0 Å². The minimum atomic E-state index is -0.142. The molecule has 0 nitrogen and oxygen atoms in total. The summed E-state index contributed by atoms with van der Waals surface area (Å²) in [6.45, 7) is 9.62. The molecule has 0 aliphatic heterocycles. The fraction of sp³-hybridized carbons (Fsp3) is 0.103. The summed E-state index contributed by atoms with van der Waals surface area (Å²) in [5, 5.41) is 10.3. The van der Waals surface area contributed by atoms with E-state index in [2.05, 4.69) is 210 Å². The predicted molar refractivity (Wildman–Crippen MR) is 248 cm³/mol. The topological polar surface area (TPSA) is 0 Å². The minimum Gasteiger partial charge on any atom is -0.0622 e. The zero-order chi connectivity index (χ0) is 38.9. The Balaban J connectivity index is 1.22. The van der Waals surface area contributed by atoms with Crippen LogP contribution in [0.3, 0.4) is 0 Å². The summed E-state index contributed by atoms with van der Waals surface area (Å²) in [6.07, 6.45) is 0. The molecule has 0 heteroatoms. The van der Waals surface area contributed by atoms with E-state index in [4.69, 9.17) is 0 Å². The second-order valence-electron chi connectivity index (χ2n) is 17.6. The molecule has 0 spiro atoms. The third-order valence-electron chi connectivity index (χ3n) is 13.8. The predicted octanol–water partition coefficient (Wildman–Crippen LogP) is 15.9. The van der Waals surface area contributed by atoms with Gasteiger partial charge in [-0.15, -0.1) is 0 Å². The Morgan fingerprint density at radius 3 is 1.69 bits per heavy atom. The van der Waals surface area contributed by atoms with Crippen LogP contribution in [0.1, 0.15) is 49.9 Å². The third-order valence-corrected chi connectivity index (χ3v) is 13.8. The Bertz CT molecular complexity index is 3380. The quantitative estimate of drug-likeness (QED) is 0.158. The lowest BCUT2D eigenvalue weighted by molar-refractivity contribution is 0.661. The van der Waals surface area contributed by atoms with Crippen molar-refractivity contribution >= 4 is 43.1 Å². The van der Waals surface area contributed by atoms with E-state index in [1.807, 2.05) is 0 Å². The monoisotopic (exact) mass is 738 g/mol. The van der Waals surface area contributed by atoms with Crippen molar-refractivity contribution in [2.75, 3.05) is 0 Å². The molecule has 0 radical (unpaired) electrons. The molecule has 0 heterocycles. The van der Waals surface area contributed by atoms with Gasteiger partial charge in [0.05, 0.1) is 0 Å². The number of fused-ring (bicyclic) bond motifs is 11. The third kappa shape index (κ3) is 4.52. The van der Waals surface area contributed by atoms with Gasteiger partial charge < -0.3 is 0 Å². The minimum absolute atomic E-state index is 0.136. The Labute approximate surface area is 340 Å². The molecule has 58 heavy (non-hydrogen) atoms. The summed E-state index contributed by atoms with van der Waals surface area (Å²) >= 11 is 0. The number of hydrogen-bond acceptors (Lipinski definition) is 0. The van der Waals surface area contributed by atoms with E-state index in [-0.39, 0.29) is 10.8 Å². The van der Waals surface area contributed by atoms with Crippen molar-refractivity contribution in [2.45, 2.75) is 38.5 Å². The normalized spacial score (nSPS) is 14.5. The van der Waals surface area contributed by atoms with E-state index in [1.54, 1.807) is 0 Å². The van der Waals surface area contributed by atoms with Crippen LogP contribution in [0.2, 0.25) is 0 Å². The summed E-state index contributed by atoms with van der Waals surface area (Å²) in [7, 11) is 0. The van der Waals surface area contributed by atoms with Gasteiger partial charge in [-0.1, -0.05) is 179 Å². The van der Waals surface area contributed by atoms with Crippen LogP contribution in [-0.2, 0) is 10.8 Å². The molecule has 0 fully saturated rings. The van der Waals surface area contributed by atoms with E-state index in [1.165, 1.54) is 121 Å². The smallest absolute Gasteiger partial charge is 0.0159 e. The van der Waals surface area contributed by atoms with Crippen molar-refractivity contribution < 1.29 is 0 Å². The molecule has 0 atom stereocenters.